The Kier molecular flexibility index (Phi) is 2.63. The quantitative estimate of drug-likeness (QED) is 0.658. The normalized spacial score (nSPS) is 12.8. The van der Waals surface area contributed by atoms with Crippen LogP contribution < -0.4 is 0 Å². The highest BCUT2D eigenvalue weighted by atomic mass is 15.1. The zero-order valence-electron chi connectivity index (χ0n) is 10.7. The standard InChI is InChI=1S/C16H16N2/c1-12-7-9-14(10-8-12)13(2)18-11-17-15-5-3-4-6-16(15)18/h3-11,13H,1-2H3. The maximum Gasteiger partial charge on any atom is 0.0964 e. The van der Waals surface area contributed by atoms with Gasteiger partial charge < -0.3 is 4.57 Å². The topological polar surface area (TPSA) is 17.8 Å². The third-order valence-electron chi connectivity index (χ3n) is 3.46. The van der Waals surface area contributed by atoms with Gasteiger partial charge in [-0.1, -0.05) is 42.0 Å². The minimum Gasteiger partial charge on any atom is -0.323 e. The summed E-state index contributed by atoms with van der Waals surface area (Å²) in [7, 11) is 0. The van der Waals surface area contributed by atoms with Crippen LogP contribution in [0.3, 0.4) is 0 Å². The van der Waals surface area contributed by atoms with E-state index in [1.54, 1.807) is 0 Å². The van der Waals surface area contributed by atoms with Gasteiger partial charge in [-0.05, 0) is 31.5 Å². The third kappa shape index (κ3) is 1.80. The summed E-state index contributed by atoms with van der Waals surface area (Å²) in [5.74, 6) is 0. The first kappa shape index (κ1) is 11.0. The lowest BCUT2D eigenvalue weighted by Crippen LogP contribution is -2.05. The number of nitrogens with zero attached hydrogens (tertiary/aromatic N) is 2. The van der Waals surface area contributed by atoms with Crippen LogP contribution in [0.15, 0.2) is 54.9 Å². The number of aryl methyl sites for hydroxylation is 1. The molecular weight excluding hydrogens is 220 g/mol. The second-order valence-corrected chi connectivity index (χ2v) is 4.73. The first-order valence-electron chi connectivity index (χ1n) is 6.24. The Morgan fingerprint density at radius 3 is 2.50 bits per heavy atom. The number of hydrogen-bond donors (Lipinski definition) is 0. The number of benzene rings is 2. The van der Waals surface area contributed by atoms with E-state index in [-0.39, 0.29) is 0 Å². The predicted octanol–water partition coefficient (Wildman–Crippen LogP) is 3.95. The van der Waals surface area contributed by atoms with Crippen molar-refractivity contribution in [2.45, 2.75) is 19.9 Å². The highest BCUT2D eigenvalue weighted by Gasteiger charge is 2.10. The number of aromatic nitrogens is 2. The van der Waals surface area contributed by atoms with E-state index in [0.717, 1.165) is 5.52 Å². The Bertz CT molecular complexity index is 665. The molecule has 0 aliphatic rings. The molecule has 0 spiro atoms. The molecule has 2 nitrogen and oxygen atoms in total. The molecule has 0 saturated heterocycles. The van der Waals surface area contributed by atoms with Crippen LogP contribution in [-0.2, 0) is 0 Å². The van der Waals surface area contributed by atoms with Crippen molar-refractivity contribution in [2.75, 3.05) is 0 Å². The van der Waals surface area contributed by atoms with Gasteiger partial charge in [0.15, 0.2) is 0 Å². The molecule has 0 aliphatic carbocycles. The van der Waals surface area contributed by atoms with Crippen molar-refractivity contribution in [2.24, 2.45) is 0 Å². The summed E-state index contributed by atoms with van der Waals surface area (Å²) in [5.41, 5.74) is 4.84. The third-order valence-corrected chi connectivity index (χ3v) is 3.46. The summed E-state index contributed by atoms with van der Waals surface area (Å²) in [5, 5.41) is 0. The second-order valence-electron chi connectivity index (χ2n) is 4.73. The van der Waals surface area contributed by atoms with Gasteiger partial charge in [0.25, 0.3) is 0 Å². The molecule has 1 unspecified atom stereocenters. The molecule has 3 rings (SSSR count). The molecule has 18 heavy (non-hydrogen) atoms. The van der Waals surface area contributed by atoms with Crippen molar-refractivity contribution in [1.29, 1.82) is 0 Å². The molecule has 0 fully saturated rings. The highest BCUT2D eigenvalue weighted by molar-refractivity contribution is 5.75. The zero-order chi connectivity index (χ0) is 12.5. The molecule has 0 N–H and O–H groups in total. The van der Waals surface area contributed by atoms with Gasteiger partial charge in [0.1, 0.15) is 0 Å². The molecule has 0 amide bonds. The lowest BCUT2D eigenvalue weighted by molar-refractivity contribution is 0.657. The van der Waals surface area contributed by atoms with Crippen molar-refractivity contribution >= 4 is 11.0 Å². The SMILES string of the molecule is Cc1ccc(C(C)n2cnc3ccccc32)cc1. The van der Waals surface area contributed by atoms with E-state index in [1.165, 1.54) is 16.6 Å². The fraction of sp³-hybridized carbons (Fsp3) is 0.188. The lowest BCUT2D eigenvalue weighted by Gasteiger charge is -2.15. The van der Waals surface area contributed by atoms with Crippen LogP contribution >= 0.6 is 0 Å². The van der Waals surface area contributed by atoms with Gasteiger partial charge in [-0.25, -0.2) is 4.98 Å². The summed E-state index contributed by atoms with van der Waals surface area (Å²) in [6.45, 7) is 4.32. The number of para-hydroxylation sites is 2. The largest absolute Gasteiger partial charge is 0.323 e. The van der Waals surface area contributed by atoms with Gasteiger partial charge in [-0.15, -0.1) is 0 Å². The first-order valence-corrected chi connectivity index (χ1v) is 6.24. The average molecular weight is 236 g/mol. The van der Waals surface area contributed by atoms with Crippen LogP contribution in [-0.4, -0.2) is 9.55 Å². The molecule has 0 bridgehead atoms. The van der Waals surface area contributed by atoms with Crippen molar-refractivity contribution in [1.82, 2.24) is 9.55 Å². The zero-order valence-corrected chi connectivity index (χ0v) is 10.7. The number of imidazole rings is 1. The van der Waals surface area contributed by atoms with Crippen molar-refractivity contribution in [3.8, 4) is 0 Å². The van der Waals surface area contributed by atoms with E-state index in [9.17, 15) is 0 Å². The molecular formula is C16H16N2. The fourth-order valence-corrected chi connectivity index (χ4v) is 2.29. The van der Waals surface area contributed by atoms with Crippen LogP contribution in [0.25, 0.3) is 11.0 Å². The van der Waals surface area contributed by atoms with Gasteiger partial charge in [0, 0.05) is 0 Å². The molecule has 2 aromatic carbocycles. The first-order chi connectivity index (χ1) is 8.75. The number of hydrogen-bond acceptors (Lipinski definition) is 1. The molecule has 1 atom stereocenters. The molecule has 0 saturated carbocycles. The smallest absolute Gasteiger partial charge is 0.0964 e. The Hall–Kier alpha value is -2.09. The molecule has 90 valence electrons. The fourth-order valence-electron chi connectivity index (χ4n) is 2.29. The van der Waals surface area contributed by atoms with Crippen LogP contribution in [0.4, 0.5) is 0 Å². The van der Waals surface area contributed by atoms with Gasteiger partial charge >= 0.3 is 0 Å². The summed E-state index contributed by atoms with van der Waals surface area (Å²) in [4.78, 5) is 4.45. The molecule has 1 heterocycles. The maximum atomic E-state index is 4.45. The van der Waals surface area contributed by atoms with E-state index in [4.69, 9.17) is 0 Å². The molecule has 1 aromatic heterocycles. The highest BCUT2D eigenvalue weighted by Crippen LogP contribution is 2.23. The van der Waals surface area contributed by atoms with Crippen molar-refractivity contribution < 1.29 is 0 Å². The van der Waals surface area contributed by atoms with Gasteiger partial charge in [-0.2, -0.15) is 0 Å². The Morgan fingerprint density at radius 1 is 1.00 bits per heavy atom. The molecule has 3 aromatic rings. The Labute approximate surface area is 107 Å². The summed E-state index contributed by atoms with van der Waals surface area (Å²) in [6, 6.07) is 17.2. The predicted molar refractivity (Wildman–Crippen MR) is 74.7 cm³/mol. The van der Waals surface area contributed by atoms with E-state index in [1.807, 2.05) is 18.5 Å². The summed E-state index contributed by atoms with van der Waals surface area (Å²) in [6.07, 6.45) is 1.93. The maximum absolute atomic E-state index is 4.45. The van der Waals surface area contributed by atoms with E-state index in [2.05, 4.69) is 59.8 Å². The average Bonchev–Trinajstić information content (AvgIpc) is 2.82. The lowest BCUT2D eigenvalue weighted by atomic mass is 10.1. The molecule has 0 aliphatic heterocycles. The monoisotopic (exact) mass is 236 g/mol. The van der Waals surface area contributed by atoms with Crippen LogP contribution in [0, 0.1) is 6.92 Å². The van der Waals surface area contributed by atoms with E-state index in [0.29, 0.717) is 6.04 Å². The van der Waals surface area contributed by atoms with Crippen molar-refractivity contribution in [3.05, 3.63) is 66.0 Å². The Balaban J connectivity index is 2.06. The molecule has 0 radical (unpaired) electrons. The van der Waals surface area contributed by atoms with Gasteiger partial charge in [0.05, 0.1) is 23.4 Å². The second kappa shape index (κ2) is 4.30. The van der Waals surface area contributed by atoms with Crippen LogP contribution in [0.1, 0.15) is 24.1 Å². The van der Waals surface area contributed by atoms with Crippen LogP contribution in [0.2, 0.25) is 0 Å². The summed E-state index contributed by atoms with van der Waals surface area (Å²) >= 11 is 0. The number of rotatable bonds is 2. The van der Waals surface area contributed by atoms with Gasteiger partial charge in [0.2, 0.25) is 0 Å². The number of fused-ring (bicyclic) bond motifs is 1. The van der Waals surface area contributed by atoms with Crippen LogP contribution in [0.5, 0.6) is 0 Å². The molecule has 2 heteroatoms. The minimum absolute atomic E-state index is 0.304. The van der Waals surface area contributed by atoms with E-state index >= 15 is 0 Å². The summed E-state index contributed by atoms with van der Waals surface area (Å²) < 4.78 is 2.22. The minimum atomic E-state index is 0.304. The van der Waals surface area contributed by atoms with Gasteiger partial charge in [-0.3, -0.25) is 0 Å². The Morgan fingerprint density at radius 2 is 1.72 bits per heavy atom. The van der Waals surface area contributed by atoms with Crippen molar-refractivity contribution in [3.63, 3.8) is 0 Å². The van der Waals surface area contributed by atoms with E-state index < -0.39 is 0 Å².